The Morgan fingerprint density at radius 1 is 1.42 bits per heavy atom. The third-order valence-electron chi connectivity index (χ3n) is 5.80. The predicted octanol–water partition coefficient (Wildman–Crippen LogP) is 1.21. The first-order valence-corrected chi connectivity index (χ1v) is 7.89. The van der Waals surface area contributed by atoms with Crippen LogP contribution in [-0.2, 0) is 4.79 Å². The number of nitrogens with one attached hydrogen (secondary N) is 1. The van der Waals surface area contributed by atoms with Crippen molar-refractivity contribution in [3.05, 3.63) is 11.6 Å². The van der Waals surface area contributed by atoms with Gasteiger partial charge in [-0.05, 0) is 48.5 Å². The lowest BCUT2D eigenvalue weighted by Crippen LogP contribution is -2.93. The van der Waals surface area contributed by atoms with Gasteiger partial charge in [0.1, 0.15) is 0 Å². The van der Waals surface area contributed by atoms with Crippen LogP contribution in [0.5, 0.6) is 0 Å². The smallest absolute Gasteiger partial charge is 0.278 e. The zero-order valence-corrected chi connectivity index (χ0v) is 12.2. The van der Waals surface area contributed by atoms with E-state index in [1.54, 1.807) is 5.57 Å². The van der Waals surface area contributed by atoms with Crippen molar-refractivity contribution in [2.24, 2.45) is 17.3 Å². The fourth-order valence-electron chi connectivity index (χ4n) is 4.17. The predicted molar refractivity (Wildman–Crippen MR) is 75.5 cm³/mol. The number of amides is 1. The van der Waals surface area contributed by atoms with Gasteiger partial charge in [-0.2, -0.15) is 0 Å². The molecule has 0 radical (unpaired) electrons. The standard InChI is InChI=1S/C16H26N2O/c1-16(2)12-7-6-11(13(16)9-12)10-18-14-5-3-4-8-17-15(14)19/h6,12-14,18H,3-5,7-10H2,1-2H3,(H,17,19)/p+1/t12-,13-,14-/m1/s1. The van der Waals surface area contributed by atoms with Gasteiger partial charge in [0.2, 0.25) is 0 Å². The highest BCUT2D eigenvalue weighted by molar-refractivity contribution is 5.80. The van der Waals surface area contributed by atoms with Crippen LogP contribution < -0.4 is 10.6 Å². The summed E-state index contributed by atoms with van der Waals surface area (Å²) in [7, 11) is 0. The summed E-state index contributed by atoms with van der Waals surface area (Å²) in [5.41, 5.74) is 2.11. The van der Waals surface area contributed by atoms with E-state index < -0.39 is 0 Å². The Morgan fingerprint density at radius 3 is 3.00 bits per heavy atom. The molecule has 3 heteroatoms. The molecule has 1 heterocycles. The maximum Gasteiger partial charge on any atom is 0.278 e. The molecule has 19 heavy (non-hydrogen) atoms. The quantitative estimate of drug-likeness (QED) is 0.739. The second kappa shape index (κ2) is 4.93. The van der Waals surface area contributed by atoms with Gasteiger partial charge in [0.05, 0.1) is 6.54 Å². The molecule has 0 aromatic rings. The third-order valence-corrected chi connectivity index (χ3v) is 5.80. The minimum atomic E-state index is 0.143. The zero-order chi connectivity index (χ0) is 13.5. The number of nitrogens with two attached hydrogens (primary N) is 1. The fraction of sp³-hybridized carbons (Fsp3) is 0.812. The van der Waals surface area contributed by atoms with Crippen molar-refractivity contribution in [2.45, 2.75) is 52.0 Å². The zero-order valence-electron chi connectivity index (χ0n) is 12.2. The highest BCUT2D eigenvalue weighted by atomic mass is 16.2. The normalized spacial score (nSPS) is 36.8. The van der Waals surface area contributed by atoms with Gasteiger partial charge in [-0.15, -0.1) is 0 Å². The van der Waals surface area contributed by atoms with Crippen LogP contribution >= 0.6 is 0 Å². The summed E-state index contributed by atoms with van der Waals surface area (Å²) < 4.78 is 0. The Kier molecular flexibility index (Phi) is 3.42. The largest absolute Gasteiger partial charge is 0.351 e. The van der Waals surface area contributed by atoms with Gasteiger partial charge in [-0.1, -0.05) is 19.9 Å². The minimum absolute atomic E-state index is 0.143. The summed E-state index contributed by atoms with van der Waals surface area (Å²) in [6.07, 6.45) is 8.43. The molecule has 1 aliphatic heterocycles. The van der Waals surface area contributed by atoms with E-state index in [0.717, 1.165) is 37.8 Å². The molecule has 0 spiro atoms. The van der Waals surface area contributed by atoms with E-state index in [1.807, 2.05) is 0 Å². The van der Waals surface area contributed by atoms with Crippen molar-refractivity contribution in [3.8, 4) is 0 Å². The summed E-state index contributed by atoms with van der Waals surface area (Å²) in [4.78, 5) is 11.9. The van der Waals surface area contributed by atoms with Crippen molar-refractivity contribution in [3.63, 3.8) is 0 Å². The van der Waals surface area contributed by atoms with Crippen LogP contribution in [0.1, 0.15) is 46.0 Å². The maximum absolute atomic E-state index is 11.9. The summed E-state index contributed by atoms with van der Waals surface area (Å²) in [5, 5.41) is 5.31. The van der Waals surface area contributed by atoms with Crippen molar-refractivity contribution in [2.75, 3.05) is 13.1 Å². The Bertz CT molecular complexity index is 400. The van der Waals surface area contributed by atoms with E-state index in [9.17, 15) is 4.79 Å². The highest BCUT2D eigenvalue weighted by Crippen LogP contribution is 2.58. The van der Waals surface area contributed by atoms with Crippen LogP contribution in [-0.4, -0.2) is 25.0 Å². The van der Waals surface area contributed by atoms with E-state index in [1.165, 1.54) is 19.3 Å². The van der Waals surface area contributed by atoms with E-state index in [4.69, 9.17) is 0 Å². The van der Waals surface area contributed by atoms with Crippen LogP contribution in [0.25, 0.3) is 0 Å². The number of fused-ring (bicyclic) bond motifs is 1. The van der Waals surface area contributed by atoms with Crippen molar-refractivity contribution >= 4 is 5.91 Å². The summed E-state index contributed by atoms with van der Waals surface area (Å²) in [6, 6.07) is 0.143. The lowest BCUT2D eigenvalue weighted by Gasteiger charge is -2.56. The van der Waals surface area contributed by atoms with E-state index >= 15 is 0 Å². The second-order valence-corrected chi connectivity index (χ2v) is 7.15. The summed E-state index contributed by atoms with van der Waals surface area (Å²) >= 11 is 0. The molecule has 2 bridgehead atoms. The number of quaternary nitrogens is 1. The molecule has 3 nitrogen and oxygen atoms in total. The first kappa shape index (κ1) is 13.2. The molecule has 0 aromatic carbocycles. The van der Waals surface area contributed by atoms with Crippen LogP contribution in [0.15, 0.2) is 11.6 Å². The molecule has 3 N–H and O–H groups in total. The summed E-state index contributed by atoms with van der Waals surface area (Å²) in [6.45, 7) is 6.72. The van der Waals surface area contributed by atoms with E-state index in [2.05, 4.69) is 30.6 Å². The first-order valence-electron chi connectivity index (χ1n) is 7.89. The van der Waals surface area contributed by atoms with Gasteiger partial charge >= 0.3 is 0 Å². The molecule has 106 valence electrons. The van der Waals surface area contributed by atoms with Crippen LogP contribution in [0.4, 0.5) is 0 Å². The van der Waals surface area contributed by atoms with Gasteiger partial charge in [-0.3, -0.25) is 4.79 Å². The third kappa shape index (κ3) is 2.33. The van der Waals surface area contributed by atoms with Crippen molar-refractivity contribution < 1.29 is 10.1 Å². The molecule has 3 atom stereocenters. The van der Waals surface area contributed by atoms with Crippen LogP contribution in [0, 0.1) is 17.3 Å². The van der Waals surface area contributed by atoms with Crippen LogP contribution in [0.3, 0.4) is 0 Å². The monoisotopic (exact) mass is 263 g/mol. The molecule has 0 unspecified atom stereocenters. The number of allylic oxidation sites excluding steroid dienone is 1. The van der Waals surface area contributed by atoms with E-state index in [0.29, 0.717) is 5.41 Å². The van der Waals surface area contributed by atoms with Gasteiger partial charge < -0.3 is 10.6 Å². The average Bonchev–Trinajstić information content (AvgIpc) is 2.61. The second-order valence-electron chi connectivity index (χ2n) is 7.15. The number of carbonyl (C=O) groups is 1. The molecule has 4 rings (SSSR count). The average molecular weight is 263 g/mol. The first-order chi connectivity index (χ1) is 9.09. The molecule has 1 saturated carbocycles. The Balaban J connectivity index is 1.57. The molecular weight excluding hydrogens is 236 g/mol. The highest BCUT2D eigenvalue weighted by Gasteiger charge is 2.51. The molecule has 0 aromatic heterocycles. The molecule has 1 amide bonds. The van der Waals surface area contributed by atoms with Crippen molar-refractivity contribution in [1.29, 1.82) is 0 Å². The van der Waals surface area contributed by atoms with Gasteiger partial charge in [0.25, 0.3) is 5.91 Å². The Morgan fingerprint density at radius 2 is 2.26 bits per heavy atom. The van der Waals surface area contributed by atoms with Crippen molar-refractivity contribution in [1.82, 2.24) is 5.32 Å². The topological polar surface area (TPSA) is 45.7 Å². The maximum atomic E-state index is 11.9. The number of hydrogen-bond donors (Lipinski definition) is 2. The van der Waals surface area contributed by atoms with Gasteiger partial charge in [-0.25, -0.2) is 0 Å². The number of carbonyl (C=O) groups excluding carboxylic acids is 1. The Hall–Kier alpha value is -0.830. The van der Waals surface area contributed by atoms with Gasteiger partial charge in [0.15, 0.2) is 6.04 Å². The minimum Gasteiger partial charge on any atom is -0.351 e. The lowest BCUT2D eigenvalue weighted by atomic mass is 9.49. The lowest BCUT2D eigenvalue weighted by molar-refractivity contribution is -0.671. The fourth-order valence-corrected chi connectivity index (χ4v) is 4.17. The SMILES string of the molecule is CC1(C)[C@@H]2CC=C(C[NH2+][C@@H]3CCCCNC3=O)[C@H]1C2. The molecule has 4 aliphatic rings. The van der Waals surface area contributed by atoms with Gasteiger partial charge in [0, 0.05) is 13.0 Å². The molecule has 2 fully saturated rings. The van der Waals surface area contributed by atoms with Crippen LogP contribution in [0.2, 0.25) is 0 Å². The Labute approximate surface area is 116 Å². The number of hydrogen-bond acceptors (Lipinski definition) is 1. The summed E-state index contributed by atoms with van der Waals surface area (Å²) in [5.74, 6) is 1.93. The molecule has 1 saturated heterocycles. The molecule has 3 aliphatic carbocycles. The number of rotatable bonds is 3. The molecular formula is C16H27N2O+. The van der Waals surface area contributed by atoms with E-state index in [-0.39, 0.29) is 11.9 Å².